The highest BCUT2D eigenvalue weighted by Gasteiger charge is 2.39. The normalized spacial score (nSPS) is 31.3. The molecule has 1 aliphatic carbocycles. The molecule has 0 radical (unpaired) electrons. The molecule has 2 rings (SSSR count). The summed E-state index contributed by atoms with van der Waals surface area (Å²) in [6.45, 7) is 4.14. The molecule has 0 saturated heterocycles. The van der Waals surface area contributed by atoms with Gasteiger partial charge >= 0.3 is 6.18 Å². The van der Waals surface area contributed by atoms with Gasteiger partial charge in [0.1, 0.15) is 0 Å². The number of hydrogen-bond acceptors (Lipinski definition) is 1. The van der Waals surface area contributed by atoms with Crippen molar-refractivity contribution >= 4 is 0 Å². The van der Waals surface area contributed by atoms with Crippen LogP contribution in [-0.2, 0) is 12.6 Å². The van der Waals surface area contributed by atoms with Crippen LogP contribution in [0.5, 0.6) is 0 Å². The molecule has 20 heavy (non-hydrogen) atoms. The van der Waals surface area contributed by atoms with E-state index in [1.807, 2.05) is 6.92 Å². The standard InChI is InChI=1S/C16H21F3O/c1-11-3-4-12(2)15(20,9-11)10-13-5-7-14(8-6-13)16(17,18)19/h5-8,11-12,20H,3-4,9-10H2,1-2H3. The van der Waals surface area contributed by atoms with Crippen LogP contribution in [-0.4, -0.2) is 10.7 Å². The zero-order valence-electron chi connectivity index (χ0n) is 11.9. The van der Waals surface area contributed by atoms with E-state index in [9.17, 15) is 18.3 Å². The van der Waals surface area contributed by atoms with E-state index in [-0.39, 0.29) is 5.92 Å². The molecule has 1 nitrogen and oxygen atoms in total. The average Bonchev–Trinajstić information content (AvgIpc) is 2.34. The minimum atomic E-state index is -4.30. The Balaban J connectivity index is 2.13. The maximum absolute atomic E-state index is 12.5. The Labute approximate surface area is 117 Å². The largest absolute Gasteiger partial charge is 0.416 e. The molecule has 112 valence electrons. The second-order valence-corrected chi connectivity index (χ2v) is 6.26. The second-order valence-electron chi connectivity index (χ2n) is 6.26. The molecule has 1 aromatic rings. The third-order valence-electron chi connectivity index (χ3n) is 4.50. The fraction of sp³-hybridized carbons (Fsp3) is 0.625. The lowest BCUT2D eigenvalue weighted by Gasteiger charge is -2.41. The average molecular weight is 286 g/mol. The van der Waals surface area contributed by atoms with Crippen molar-refractivity contribution in [2.75, 3.05) is 0 Å². The van der Waals surface area contributed by atoms with Crippen LogP contribution < -0.4 is 0 Å². The number of halogens is 3. The van der Waals surface area contributed by atoms with E-state index in [1.54, 1.807) is 0 Å². The molecule has 3 unspecified atom stereocenters. The Hall–Kier alpha value is -1.03. The van der Waals surface area contributed by atoms with Crippen molar-refractivity contribution < 1.29 is 18.3 Å². The SMILES string of the molecule is CC1CCC(C)C(O)(Cc2ccc(C(F)(F)F)cc2)C1. The number of aliphatic hydroxyl groups is 1. The summed E-state index contributed by atoms with van der Waals surface area (Å²) in [6, 6.07) is 5.14. The number of alkyl halides is 3. The van der Waals surface area contributed by atoms with Gasteiger partial charge in [0.2, 0.25) is 0 Å². The van der Waals surface area contributed by atoms with Crippen molar-refractivity contribution in [1.29, 1.82) is 0 Å². The highest BCUT2D eigenvalue weighted by Crippen LogP contribution is 2.39. The van der Waals surface area contributed by atoms with E-state index >= 15 is 0 Å². The van der Waals surface area contributed by atoms with Gasteiger partial charge in [0, 0.05) is 6.42 Å². The van der Waals surface area contributed by atoms with Gasteiger partial charge in [0.15, 0.2) is 0 Å². The van der Waals surface area contributed by atoms with Gasteiger partial charge in [0.05, 0.1) is 11.2 Å². The molecular weight excluding hydrogens is 265 g/mol. The molecule has 4 heteroatoms. The van der Waals surface area contributed by atoms with Crippen molar-refractivity contribution in [3.05, 3.63) is 35.4 Å². The summed E-state index contributed by atoms with van der Waals surface area (Å²) in [5.41, 5.74) is -0.669. The predicted octanol–water partition coefficient (Wildman–Crippen LogP) is 4.44. The number of rotatable bonds is 2. The van der Waals surface area contributed by atoms with E-state index in [2.05, 4.69) is 6.92 Å². The van der Waals surface area contributed by atoms with Crippen molar-refractivity contribution in [3.63, 3.8) is 0 Å². The van der Waals surface area contributed by atoms with Crippen LogP contribution in [0.4, 0.5) is 13.2 Å². The highest BCUT2D eigenvalue weighted by atomic mass is 19.4. The number of benzene rings is 1. The summed E-state index contributed by atoms with van der Waals surface area (Å²) in [7, 11) is 0. The summed E-state index contributed by atoms with van der Waals surface area (Å²) >= 11 is 0. The molecule has 0 bridgehead atoms. The lowest BCUT2D eigenvalue weighted by molar-refractivity contribution is -0.137. The van der Waals surface area contributed by atoms with Crippen LogP contribution in [0.2, 0.25) is 0 Å². The molecule has 0 aliphatic heterocycles. The van der Waals surface area contributed by atoms with Crippen LogP contribution in [0.25, 0.3) is 0 Å². The van der Waals surface area contributed by atoms with Crippen LogP contribution >= 0.6 is 0 Å². The second kappa shape index (κ2) is 5.40. The summed E-state index contributed by atoms with van der Waals surface area (Å²) in [5, 5.41) is 10.8. The van der Waals surface area contributed by atoms with Gasteiger partial charge in [-0.1, -0.05) is 32.4 Å². The quantitative estimate of drug-likeness (QED) is 0.852. The highest BCUT2D eigenvalue weighted by molar-refractivity contribution is 5.26. The topological polar surface area (TPSA) is 20.2 Å². The number of hydrogen-bond donors (Lipinski definition) is 1. The van der Waals surface area contributed by atoms with E-state index in [0.717, 1.165) is 37.0 Å². The van der Waals surface area contributed by atoms with E-state index in [4.69, 9.17) is 0 Å². The van der Waals surface area contributed by atoms with Crippen LogP contribution in [0.15, 0.2) is 24.3 Å². The molecular formula is C16H21F3O. The van der Waals surface area contributed by atoms with Gasteiger partial charge in [-0.2, -0.15) is 13.2 Å². The van der Waals surface area contributed by atoms with Gasteiger partial charge in [0.25, 0.3) is 0 Å². The molecule has 1 aromatic carbocycles. The zero-order valence-corrected chi connectivity index (χ0v) is 11.9. The molecule has 0 aromatic heterocycles. The fourth-order valence-electron chi connectivity index (χ4n) is 3.12. The van der Waals surface area contributed by atoms with Gasteiger partial charge in [-0.3, -0.25) is 0 Å². The Morgan fingerprint density at radius 2 is 1.75 bits per heavy atom. The maximum atomic E-state index is 12.5. The molecule has 1 saturated carbocycles. The van der Waals surface area contributed by atoms with Gasteiger partial charge < -0.3 is 5.11 Å². The first kappa shape index (κ1) is 15.4. The minimum absolute atomic E-state index is 0.181. The zero-order chi connectivity index (χ0) is 15.0. The van der Waals surface area contributed by atoms with Gasteiger partial charge in [-0.25, -0.2) is 0 Å². The summed E-state index contributed by atoms with van der Waals surface area (Å²) < 4.78 is 37.6. The van der Waals surface area contributed by atoms with Crippen molar-refractivity contribution in [3.8, 4) is 0 Å². The fourth-order valence-corrected chi connectivity index (χ4v) is 3.12. The Morgan fingerprint density at radius 1 is 1.15 bits per heavy atom. The van der Waals surface area contributed by atoms with Crippen LogP contribution in [0, 0.1) is 11.8 Å². The Kier molecular flexibility index (Phi) is 4.14. The molecule has 0 amide bonds. The Bertz CT molecular complexity index is 452. The smallest absolute Gasteiger partial charge is 0.389 e. The first-order valence-corrected chi connectivity index (χ1v) is 7.09. The van der Waals surface area contributed by atoms with Crippen molar-refractivity contribution in [2.24, 2.45) is 11.8 Å². The van der Waals surface area contributed by atoms with Crippen LogP contribution in [0.1, 0.15) is 44.2 Å². The monoisotopic (exact) mass is 286 g/mol. The minimum Gasteiger partial charge on any atom is -0.389 e. The van der Waals surface area contributed by atoms with E-state index < -0.39 is 17.3 Å². The van der Waals surface area contributed by atoms with Crippen molar-refractivity contribution in [1.82, 2.24) is 0 Å². The summed E-state index contributed by atoms with van der Waals surface area (Å²) in [5.74, 6) is 0.645. The van der Waals surface area contributed by atoms with E-state index in [1.165, 1.54) is 12.1 Å². The maximum Gasteiger partial charge on any atom is 0.416 e. The summed E-state index contributed by atoms with van der Waals surface area (Å²) in [6.07, 6.45) is -1.08. The lowest BCUT2D eigenvalue weighted by Crippen LogP contribution is -2.43. The summed E-state index contributed by atoms with van der Waals surface area (Å²) in [4.78, 5) is 0. The van der Waals surface area contributed by atoms with Gasteiger partial charge in [-0.15, -0.1) is 0 Å². The van der Waals surface area contributed by atoms with E-state index in [0.29, 0.717) is 12.3 Å². The molecule has 3 atom stereocenters. The third-order valence-corrected chi connectivity index (χ3v) is 4.50. The molecule has 0 heterocycles. The molecule has 1 aliphatic rings. The van der Waals surface area contributed by atoms with Gasteiger partial charge in [-0.05, 0) is 42.4 Å². The molecule has 1 N–H and O–H groups in total. The Morgan fingerprint density at radius 3 is 2.30 bits per heavy atom. The third kappa shape index (κ3) is 3.35. The van der Waals surface area contributed by atoms with Crippen molar-refractivity contribution in [2.45, 2.75) is 51.3 Å². The predicted molar refractivity (Wildman–Crippen MR) is 72.3 cm³/mol. The molecule has 0 spiro atoms. The van der Waals surface area contributed by atoms with Crippen LogP contribution in [0.3, 0.4) is 0 Å². The first-order valence-electron chi connectivity index (χ1n) is 7.09. The lowest BCUT2D eigenvalue weighted by atomic mass is 9.69. The molecule has 1 fully saturated rings. The first-order chi connectivity index (χ1) is 9.21.